The molecular weight excluding hydrogens is 619 g/mol. The Morgan fingerprint density at radius 1 is 0.529 bits per heavy atom. The van der Waals surface area contributed by atoms with Gasteiger partial charge in [0.2, 0.25) is 0 Å². The quantitative estimate of drug-likeness (QED) is 0.165. The fourth-order valence-corrected chi connectivity index (χ4v) is 9.77. The Morgan fingerprint density at radius 2 is 1.18 bits per heavy atom. The molecule has 0 aliphatic carbocycles. The predicted molar refractivity (Wildman–Crippen MR) is 215 cm³/mol. The molecule has 0 spiro atoms. The summed E-state index contributed by atoms with van der Waals surface area (Å²) in [5.74, 6) is 0. The van der Waals surface area contributed by atoms with Crippen LogP contribution >= 0.6 is 0 Å². The third kappa shape index (κ3) is 3.40. The average molecular weight is 651 g/mol. The van der Waals surface area contributed by atoms with Crippen molar-refractivity contribution in [1.29, 1.82) is 0 Å². The maximum absolute atomic E-state index is 6.54. The van der Waals surface area contributed by atoms with Crippen molar-refractivity contribution >= 4 is 89.7 Å². The summed E-state index contributed by atoms with van der Waals surface area (Å²) in [7, 11) is 0. The fraction of sp³-hybridized carbons (Fsp3) is 0.0638. The van der Waals surface area contributed by atoms with E-state index in [1.165, 1.54) is 77.5 Å². The van der Waals surface area contributed by atoms with Crippen molar-refractivity contribution in [2.75, 3.05) is 9.71 Å². The topological polar surface area (TPSA) is 19.6 Å². The van der Waals surface area contributed by atoms with Gasteiger partial charge >= 0.3 is 6.85 Å². The minimum Gasteiger partial charge on any atom is -0.456 e. The van der Waals surface area contributed by atoms with Gasteiger partial charge in [-0.3, -0.25) is 0 Å². The van der Waals surface area contributed by atoms with Gasteiger partial charge in [0.05, 0.1) is 11.1 Å². The molecule has 4 heteroatoms. The smallest absolute Gasteiger partial charge is 0.333 e. The van der Waals surface area contributed by atoms with Gasteiger partial charge in [-0.15, -0.1) is 0 Å². The Labute approximate surface area is 296 Å². The van der Waals surface area contributed by atoms with Gasteiger partial charge in [0.25, 0.3) is 0 Å². The maximum atomic E-state index is 6.54. The number of benzene rings is 8. The van der Waals surface area contributed by atoms with E-state index >= 15 is 0 Å². The van der Waals surface area contributed by atoms with Crippen LogP contribution in [-0.4, -0.2) is 6.85 Å². The Kier molecular flexibility index (Phi) is 5.13. The van der Waals surface area contributed by atoms with E-state index in [0.29, 0.717) is 0 Å². The standard InChI is InChI=1S/C47H31BN2O/c1-47(2)34-18-8-9-21-37(34)49-40-27-30-15-5-6-16-31(30)43-33-25-28-13-3-4-14-29(28)26-39(33)50(48(45(40)43)36-20-11-19-35(47)46(36)49)38-22-12-24-42-44(38)32-17-7-10-23-41(32)51-42/h3-27H,1-2H3. The molecule has 0 fully saturated rings. The van der Waals surface area contributed by atoms with Crippen molar-refractivity contribution in [1.82, 2.24) is 0 Å². The lowest BCUT2D eigenvalue weighted by Gasteiger charge is -2.50. The van der Waals surface area contributed by atoms with Crippen molar-refractivity contribution in [2.24, 2.45) is 0 Å². The molecule has 9 aromatic rings. The minimum absolute atomic E-state index is 0.0835. The van der Waals surface area contributed by atoms with Gasteiger partial charge in [-0.2, -0.15) is 0 Å². The van der Waals surface area contributed by atoms with E-state index in [4.69, 9.17) is 4.42 Å². The van der Waals surface area contributed by atoms with Crippen molar-refractivity contribution in [3.8, 4) is 11.1 Å². The molecule has 0 saturated heterocycles. The molecule has 51 heavy (non-hydrogen) atoms. The first-order chi connectivity index (χ1) is 25.1. The van der Waals surface area contributed by atoms with Crippen LogP contribution in [0.15, 0.2) is 156 Å². The second-order valence-corrected chi connectivity index (χ2v) is 14.9. The van der Waals surface area contributed by atoms with E-state index in [1.807, 2.05) is 0 Å². The summed E-state index contributed by atoms with van der Waals surface area (Å²) >= 11 is 0. The SMILES string of the molecule is CC1(C)c2ccccc2N2c3cc4ccccc4c4c3B(c3cccc1c32)N(c1cccc2oc3ccccc3c12)c1cc2ccccc2cc1-4. The van der Waals surface area contributed by atoms with E-state index in [0.717, 1.165) is 27.6 Å². The first kappa shape index (κ1) is 27.6. The van der Waals surface area contributed by atoms with E-state index < -0.39 is 0 Å². The van der Waals surface area contributed by atoms with E-state index in [1.54, 1.807) is 0 Å². The van der Waals surface area contributed by atoms with Crippen LogP contribution in [0.5, 0.6) is 0 Å². The third-order valence-corrected chi connectivity index (χ3v) is 12.0. The molecule has 0 unspecified atom stereocenters. The summed E-state index contributed by atoms with van der Waals surface area (Å²) in [5.41, 5.74) is 15.8. The highest BCUT2D eigenvalue weighted by molar-refractivity contribution is 6.94. The summed E-state index contributed by atoms with van der Waals surface area (Å²) < 4.78 is 6.54. The first-order valence-corrected chi connectivity index (χ1v) is 17.9. The van der Waals surface area contributed by atoms with Crippen LogP contribution in [0, 0.1) is 0 Å². The van der Waals surface area contributed by atoms with Crippen molar-refractivity contribution in [3.63, 3.8) is 0 Å². The lowest BCUT2D eigenvalue weighted by atomic mass is 9.42. The van der Waals surface area contributed by atoms with Crippen molar-refractivity contribution < 1.29 is 4.42 Å². The number of para-hydroxylation sites is 3. The van der Waals surface area contributed by atoms with Gasteiger partial charge in [-0.05, 0) is 91.6 Å². The molecule has 3 aliphatic heterocycles. The lowest BCUT2D eigenvalue weighted by molar-refractivity contribution is 0.632. The fourth-order valence-electron chi connectivity index (χ4n) is 9.77. The Morgan fingerprint density at radius 3 is 2.06 bits per heavy atom. The minimum atomic E-state index is -0.177. The summed E-state index contributed by atoms with van der Waals surface area (Å²) in [5, 5.41) is 7.30. The molecule has 1 aromatic heterocycles. The average Bonchev–Trinajstić information content (AvgIpc) is 3.56. The summed E-state index contributed by atoms with van der Waals surface area (Å²) in [4.78, 5) is 5.23. The highest BCUT2D eigenvalue weighted by atomic mass is 16.3. The molecule has 0 N–H and O–H groups in total. The number of hydrogen-bond acceptors (Lipinski definition) is 3. The van der Waals surface area contributed by atoms with Gasteiger partial charge in [0.15, 0.2) is 0 Å². The molecule has 12 rings (SSSR count). The zero-order valence-electron chi connectivity index (χ0n) is 28.3. The molecule has 238 valence electrons. The zero-order valence-corrected chi connectivity index (χ0v) is 28.3. The Balaban J connectivity index is 1.30. The number of anilines is 5. The lowest BCUT2D eigenvalue weighted by Crippen LogP contribution is -2.62. The predicted octanol–water partition coefficient (Wildman–Crippen LogP) is 11.2. The molecule has 3 aliphatic rings. The second-order valence-electron chi connectivity index (χ2n) is 14.9. The molecule has 3 nitrogen and oxygen atoms in total. The number of rotatable bonds is 1. The largest absolute Gasteiger partial charge is 0.456 e. The summed E-state index contributed by atoms with van der Waals surface area (Å²) in [6.07, 6.45) is 0. The molecule has 4 heterocycles. The molecule has 0 atom stereocenters. The van der Waals surface area contributed by atoms with Crippen molar-refractivity contribution in [2.45, 2.75) is 19.3 Å². The van der Waals surface area contributed by atoms with E-state index in [9.17, 15) is 0 Å². The second kappa shape index (κ2) is 9.50. The van der Waals surface area contributed by atoms with Crippen molar-refractivity contribution in [3.05, 3.63) is 163 Å². The highest BCUT2D eigenvalue weighted by Gasteiger charge is 2.50. The van der Waals surface area contributed by atoms with Gasteiger partial charge in [0, 0.05) is 39.1 Å². The van der Waals surface area contributed by atoms with Crippen LogP contribution in [0.1, 0.15) is 25.0 Å². The third-order valence-electron chi connectivity index (χ3n) is 12.0. The Hall–Kier alpha value is -6.26. The molecule has 0 amide bonds. The number of nitrogens with zero attached hydrogens (tertiary/aromatic N) is 2. The number of fused-ring (bicyclic) bond motifs is 12. The van der Waals surface area contributed by atoms with Crippen LogP contribution in [0.4, 0.5) is 28.4 Å². The molecular formula is C47H31BN2O. The summed E-state index contributed by atoms with van der Waals surface area (Å²) in [6, 6.07) is 56.2. The van der Waals surface area contributed by atoms with Crippen LogP contribution in [0.2, 0.25) is 0 Å². The van der Waals surface area contributed by atoms with Crippen LogP contribution in [-0.2, 0) is 5.41 Å². The van der Waals surface area contributed by atoms with Crippen LogP contribution < -0.4 is 20.6 Å². The van der Waals surface area contributed by atoms with E-state index in [-0.39, 0.29) is 12.3 Å². The highest BCUT2D eigenvalue weighted by Crippen LogP contribution is 2.56. The van der Waals surface area contributed by atoms with Crippen LogP contribution in [0.25, 0.3) is 54.6 Å². The van der Waals surface area contributed by atoms with Gasteiger partial charge in [-0.1, -0.05) is 123 Å². The molecule has 8 aromatic carbocycles. The maximum Gasteiger partial charge on any atom is 0.333 e. The van der Waals surface area contributed by atoms with Gasteiger partial charge in [0.1, 0.15) is 11.2 Å². The summed E-state index contributed by atoms with van der Waals surface area (Å²) in [6.45, 7) is 4.69. The monoisotopic (exact) mass is 650 g/mol. The Bertz CT molecular complexity index is 2990. The zero-order chi connectivity index (χ0) is 33.6. The van der Waals surface area contributed by atoms with Gasteiger partial charge < -0.3 is 14.1 Å². The number of furan rings is 1. The molecule has 0 bridgehead atoms. The molecule has 0 radical (unpaired) electrons. The van der Waals surface area contributed by atoms with Crippen LogP contribution in [0.3, 0.4) is 0 Å². The first-order valence-electron chi connectivity index (χ1n) is 17.9. The normalized spacial score (nSPS) is 14.9. The molecule has 0 saturated carbocycles. The van der Waals surface area contributed by atoms with Gasteiger partial charge in [-0.25, -0.2) is 0 Å². The number of hydrogen-bond donors (Lipinski definition) is 0. The van der Waals surface area contributed by atoms with E-state index in [2.05, 4.69) is 175 Å².